The first-order chi connectivity index (χ1) is 5.29. The fourth-order valence-electron chi connectivity index (χ4n) is 1.13. The van der Waals surface area contributed by atoms with E-state index in [4.69, 9.17) is 4.74 Å². The van der Waals surface area contributed by atoms with Gasteiger partial charge in [0.15, 0.2) is 0 Å². The highest BCUT2D eigenvalue weighted by molar-refractivity contribution is 6.02. The van der Waals surface area contributed by atoms with Crippen LogP contribution in [0.2, 0.25) is 0 Å². The zero-order chi connectivity index (χ0) is 7.84. The van der Waals surface area contributed by atoms with Crippen molar-refractivity contribution in [3.05, 3.63) is 42.0 Å². The molecule has 1 aromatic carbocycles. The SMILES string of the molecule is C=C1OC(=O)c2ccccc21. The van der Waals surface area contributed by atoms with E-state index in [9.17, 15) is 4.79 Å². The van der Waals surface area contributed by atoms with Crippen molar-refractivity contribution in [3.8, 4) is 0 Å². The second-order valence-electron chi connectivity index (χ2n) is 2.36. The number of ether oxygens (including phenoxy) is 1. The molecule has 0 unspecified atom stereocenters. The Morgan fingerprint density at radius 1 is 1.18 bits per heavy atom. The minimum absolute atomic E-state index is 0.300. The van der Waals surface area contributed by atoms with E-state index in [0.29, 0.717) is 11.3 Å². The summed E-state index contributed by atoms with van der Waals surface area (Å²) in [4.78, 5) is 11.0. The zero-order valence-electron chi connectivity index (χ0n) is 5.83. The maximum absolute atomic E-state index is 11.0. The predicted molar refractivity (Wildman–Crippen MR) is 40.9 cm³/mol. The van der Waals surface area contributed by atoms with Gasteiger partial charge in [-0.3, -0.25) is 0 Å². The van der Waals surface area contributed by atoms with Crippen molar-refractivity contribution in [1.82, 2.24) is 0 Å². The van der Waals surface area contributed by atoms with Gasteiger partial charge in [-0.2, -0.15) is 0 Å². The molecule has 2 heteroatoms. The number of esters is 1. The molecule has 0 saturated carbocycles. The molecule has 2 nitrogen and oxygen atoms in total. The van der Waals surface area contributed by atoms with Crippen molar-refractivity contribution in [2.45, 2.75) is 0 Å². The van der Waals surface area contributed by atoms with Crippen LogP contribution in [0.1, 0.15) is 15.9 Å². The average Bonchev–Trinajstić information content (AvgIpc) is 2.30. The lowest BCUT2D eigenvalue weighted by atomic mass is 10.1. The summed E-state index contributed by atoms with van der Waals surface area (Å²) in [6.07, 6.45) is 0. The fraction of sp³-hybridized carbons (Fsp3) is 0. The minimum atomic E-state index is -0.300. The Kier molecular flexibility index (Phi) is 1.09. The number of carbonyl (C=O) groups excluding carboxylic acids is 1. The quantitative estimate of drug-likeness (QED) is 0.522. The van der Waals surface area contributed by atoms with Gasteiger partial charge in [-0.25, -0.2) is 4.79 Å². The van der Waals surface area contributed by atoms with E-state index >= 15 is 0 Å². The van der Waals surface area contributed by atoms with Gasteiger partial charge >= 0.3 is 5.97 Å². The molecule has 0 N–H and O–H groups in total. The molecule has 1 heterocycles. The van der Waals surface area contributed by atoms with E-state index in [1.54, 1.807) is 12.1 Å². The maximum Gasteiger partial charge on any atom is 0.344 e. The Morgan fingerprint density at radius 2 is 1.82 bits per heavy atom. The first kappa shape index (κ1) is 6.16. The van der Waals surface area contributed by atoms with Gasteiger partial charge in [-0.15, -0.1) is 0 Å². The van der Waals surface area contributed by atoms with Crippen LogP contribution in [0.15, 0.2) is 30.8 Å². The second kappa shape index (κ2) is 1.95. The molecule has 1 aliphatic heterocycles. The molecule has 0 spiro atoms. The van der Waals surface area contributed by atoms with Crippen molar-refractivity contribution < 1.29 is 9.53 Å². The normalized spacial score (nSPS) is 14.5. The first-order valence-corrected chi connectivity index (χ1v) is 3.29. The van der Waals surface area contributed by atoms with Gasteiger partial charge in [-0.05, 0) is 6.07 Å². The van der Waals surface area contributed by atoms with Gasteiger partial charge in [0.25, 0.3) is 0 Å². The van der Waals surface area contributed by atoms with Gasteiger partial charge < -0.3 is 4.74 Å². The maximum atomic E-state index is 11.0. The average molecular weight is 146 g/mol. The number of benzene rings is 1. The van der Waals surface area contributed by atoms with E-state index in [-0.39, 0.29) is 5.97 Å². The van der Waals surface area contributed by atoms with E-state index in [1.807, 2.05) is 12.1 Å². The number of carbonyl (C=O) groups is 1. The van der Waals surface area contributed by atoms with Gasteiger partial charge in [0.1, 0.15) is 5.76 Å². The van der Waals surface area contributed by atoms with Gasteiger partial charge in [0, 0.05) is 5.56 Å². The molecular weight excluding hydrogens is 140 g/mol. The molecule has 0 aliphatic carbocycles. The lowest BCUT2D eigenvalue weighted by molar-refractivity contribution is 0.0716. The van der Waals surface area contributed by atoms with Crippen molar-refractivity contribution >= 4 is 11.7 Å². The number of cyclic esters (lactones) is 1. The van der Waals surface area contributed by atoms with Gasteiger partial charge in [0.2, 0.25) is 0 Å². The number of fused-ring (bicyclic) bond motifs is 1. The van der Waals surface area contributed by atoms with E-state index < -0.39 is 0 Å². The van der Waals surface area contributed by atoms with Crippen LogP contribution in [-0.2, 0) is 4.74 Å². The summed E-state index contributed by atoms with van der Waals surface area (Å²) in [5.41, 5.74) is 1.41. The summed E-state index contributed by atoms with van der Waals surface area (Å²) in [7, 11) is 0. The number of rotatable bonds is 0. The molecule has 1 aromatic rings. The van der Waals surface area contributed by atoms with E-state index in [1.165, 1.54) is 0 Å². The summed E-state index contributed by atoms with van der Waals surface area (Å²) in [6, 6.07) is 7.21. The van der Waals surface area contributed by atoms with Crippen LogP contribution in [0.4, 0.5) is 0 Å². The highest BCUT2D eigenvalue weighted by Crippen LogP contribution is 2.27. The predicted octanol–water partition coefficient (Wildman–Crippen LogP) is 1.83. The van der Waals surface area contributed by atoms with Crippen molar-refractivity contribution in [1.29, 1.82) is 0 Å². The van der Waals surface area contributed by atoms with Crippen molar-refractivity contribution in [2.24, 2.45) is 0 Å². The summed E-state index contributed by atoms with van der Waals surface area (Å²) in [5, 5.41) is 0. The van der Waals surface area contributed by atoms with Crippen molar-refractivity contribution in [3.63, 3.8) is 0 Å². The summed E-state index contributed by atoms with van der Waals surface area (Å²) >= 11 is 0. The Labute approximate surface area is 64.1 Å². The third-order valence-electron chi connectivity index (χ3n) is 1.66. The molecule has 0 radical (unpaired) electrons. The molecule has 0 bridgehead atoms. The Bertz CT molecular complexity index is 306. The Balaban J connectivity index is 2.69. The summed E-state index contributed by atoms with van der Waals surface area (Å²) < 4.78 is 4.80. The Morgan fingerprint density at radius 3 is 2.45 bits per heavy atom. The van der Waals surface area contributed by atoms with Gasteiger partial charge in [-0.1, -0.05) is 24.8 Å². The molecule has 0 fully saturated rings. The molecular formula is C9H6O2. The van der Waals surface area contributed by atoms with Crippen LogP contribution in [-0.4, -0.2) is 5.97 Å². The largest absolute Gasteiger partial charge is 0.423 e. The van der Waals surface area contributed by atoms with E-state index in [0.717, 1.165) is 5.56 Å². The molecule has 2 rings (SSSR count). The molecule has 1 aliphatic rings. The summed E-state index contributed by atoms with van der Waals surface area (Å²) in [5.74, 6) is 0.149. The van der Waals surface area contributed by atoms with Crippen LogP contribution in [0.5, 0.6) is 0 Å². The zero-order valence-corrected chi connectivity index (χ0v) is 5.83. The third kappa shape index (κ3) is 0.759. The number of hydrogen-bond acceptors (Lipinski definition) is 2. The van der Waals surface area contributed by atoms with Crippen molar-refractivity contribution in [2.75, 3.05) is 0 Å². The first-order valence-electron chi connectivity index (χ1n) is 3.29. The third-order valence-corrected chi connectivity index (χ3v) is 1.66. The van der Waals surface area contributed by atoms with Crippen LogP contribution in [0, 0.1) is 0 Å². The van der Waals surface area contributed by atoms with Crippen LogP contribution < -0.4 is 0 Å². The monoisotopic (exact) mass is 146 g/mol. The lowest BCUT2D eigenvalue weighted by Crippen LogP contribution is -1.91. The van der Waals surface area contributed by atoms with Crippen LogP contribution in [0.25, 0.3) is 5.76 Å². The van der Waals surface area contributed by atoms with Crippen LogP contribution >= 0.6 is 0 Å². The van der Waals surface area contributed by atoms with Gasteiger partial charge in [0.05, 0.1) is 5.56 Å². The molecule has 0 aromatic heterocycles. The lowest BCUT2D eigenvalue weighted by Gasteiger charge is -1.90. The standard InChI is InChI=1S/C9H6O2/c1-6-7-4-2-3-5-8(7)9(10)11-6/h2-5H,1H2. The molecule has 0 amide bonds. The molecule has 0 atom stereocenters. The highest BCUT2D eigenvalue weighted by Gasteiger charge is 2.23. The Hall–Kier alpha value is -1.57. The highest BCUT2D eigenvalue weighted by atomic mass is 16.5. The fourth-order valence-corrected chi connectivity index (χ4v) is 1.13. The topological polar surface area (TPSA) is 26.3 Å². The molecule has 0 saturated heterocycles. The summed E-state index contributed by atoms with van der Waals surface area (Å²) in [6.45, 7) is 3.60. The second-order valence-corrected chi connectivity index (χ2v) is 2.36. The number of hydrogen-bond donors (Lipinski definition) is 0. The van der Waals surface area contributed by atoms with E-state index in [2.05, 4.69) is 6.58 Å². The molecule has 11 heavy (non-hydrogen) atoms. The smallest absolute Gasteiger partial charge is 0.344 e. The minimum Gasteiger partial charge on any atom is -0.423 e. The molecule has 54 valence electrons. The van der Waals surface area contributed by atoms with Crippen LogP contribution in [0.3, 0.4) is 0 Å².